The summed E-state index contributed by atoms with van der Waals surface area (Å²) in [6, 6.07) is 4.08. The lowest BCUT2D eigenvalue weighted by Gasteiger charge is -2.33. The van der Waals surface area contributed by atoms with Crippen LogP contribution in [0.1, 0.15) is 13.3 Å². The van der Waals surface area contributed by atoms with Gasteiger partial charge < -0.3 is 5.11 Å². The second-order valence-corrected chi connectivity index (χ2v) is 8.03. The lowest BCUT2D eigenvalue weighted by Crippen LogP contribution is -2.45. The predicted octanol–water partition coefficient (Wildman–Crippen LogP) is 2.72. The number of piperidine rings is 1. The number of carboxylic acid groups (broad SMARTS) is 1. The largest absolute Gasteiger partial charge is 0.481 e. The van der Waals surface area contributed by atoms with E-state index in [2.05, 4.69) is 0 Å². The number of halogens is 2. The van der Waals surface area contributed by atoms with E-state index >= 15 is 0 Å². The van der Waals surface area contributed by atoms with E-state index in [1.54, 1.807) is 0 Å². The van der Waals surface area contributed by atoms with Gasteiger partial charge in [0.15, 0.2) is 0 Å². The first-order valence-electron chi connectivity index (χ1n) is 6.40. The van der Waals surface area contributed by atoms with Crippen LogP contribution in [0.4, 0.5) is 0 Å². The van der Waals surface area contributed by atoms with E-state index in [0.717, 1.165) is 0 Å². The van der Waals surface area contributed by atoms with Gasteiger partial charge in [0.25, 0.3) is 0 Å². The molecule has 2 rings (SSSR count). The fraction of sp³-hybridized carbons (Fsp3) is 0.462. The van der Waals surface area contributed by atoms with Gasteiger partial charge in [0.1, 0.15) is 0 Å². The van der Waals surface area contributed by atoms with Crippen LogP contribution in [0.15, 0.2) is 23.1 Å². The van der Waals surface area contributed by atoms with Gasteiger partial charge in [-0.05, 0) is 30.5 Å². The van der Waals surface area contributed by atoms with Crippen LogP contribution in [0.3, 0.4) is 0 Å². The van der Waals surface area contributed by atoms with E-state index in [1.807, 2.05) is 6.92 Å². The molecule has 8 heteroatoms. The predicted molar refractivity (Wildman–Crippen MR) is 80.1 cm³/mol. The van der Waals surface area contributed by atoms with E-state index in [0.29, 0.717) is 13.0 Å². The Morgan fingerprint density at radius 2 is 1.95 bits per heavy atom. The number of nitrogens with zero attached hydrogens (tertiary/aromatic N) is 1. The normalized spacial score (nSPS) is 24.0. The van der Waals surface area contributed by atoms with E-state index in [4.69, 9.17) is 28.3 Å². The highest BCUT2D eigenvalue weighted by Crippen LogP contribution is 2.30. The molecule has 0 spiro atoms. The fourth-order valence-corrected chi connectivity index (χ4v) is 4.46. The van der Waals surface area contributed by atoms with Crippen molar-refractivity contribution in [3.63, 3.8) is 0 Å². The highest BCUT2D eigenvalue weighted by Gasteiger charge is 2.36. The second kappa shape index (κ2) is 6.12. The summed E-state index contributed by atoms with van der Waals surface area (Å²) in [5.74, 6) is -1.68. The van der Waals surface area contributed by atoms with E-state index in [-0.39, 0.29) is 27.4 Å². The number of hydrogen-bond donors (Lipinski definition) is 1. The molecule has 1 heterocycles. The smallest absolute Gasteiger partial charge is 0.307 e. The Balaban J connectivity index is 2.33. The number of carbonyl (C=O) groups is 1. The Labute approximate surface area is 133 Å². The lowest BCUT2D eigenvalue weighted by atomic mass is 9.92. The Bertz CT molecular complexity index is 662. The van der Waals surface area contributed by atoms with E-state index in [9.17, 15) is 13.2 Å². The molecule has 5 nitrogen and oxygen atoms in total. The fourth-order valence-electron chi connectivity index (χ4n) is 2.46. The first-order valence-corrected chi connectivity index (χ1v) is 8.59. The molecule has 1 aromatic carbocycles. The molecule has 1 N–H and O–H groups in total. The van der Waals surface area contributed by atoms with E-state index < -0.39 is 21.9 Å². The van der Waals surface area contributed by atoms with Crippen LogP contribution in [0.5, 0.6) is 0 Å². The molecular weight excluding hydrogens is 337 g/mol. The van der Waals surface area contributed by atoms with Gasteiger partial charge in [-0.25, -0.2) is 8.42 Å². The molecule has 0 saturated carbocycles. The van der Waals surface area contributed by atoms with Crippen molar-refractivity contribution in [3.05, 3.63) is 28.2 Å². The van der Waals surface area contributed by atoms with Crippen LogP contribution in [-0.2, 0) is 14.8 Å². The molecule has 116 valence electrons. The maximum atomic E-state index is 12.6. The molecule has 0 aliphatic carbocycles. The highest BCUT2D eigenvalue weighted by atomic mass is 35.5. The first kappa shape index (κ1) is 16.5. The van der Waals surface area contributed by atoms with Gasteiger partial charge in [0.05, 0.1) is 20.9 Å². The third-order valence-corrected chi connectivity index (χ3v) is 6.07. The van der Waals surface area contributed by atoms with Gasteiger partial charge in [-0.1, -0.05) is 30.1 Å². The quantitative estimate of drug-likeness (QED) is 0.908. The van der Waals surface area contributed by atoms with Crippen LogP contribution in [0.25, 0.3) is 0 Å². The summed E-state index contributed by atoms with van der Waals surface area (Å²) in [5, 5.41) is 9.55. The molecule has 1 aliphatic heterocycles. The average Bonchev–Trinajstić information content (AvgIpc) is 2.41. The molecule has 0 bridgehead atoms. The van der Waals surface area contributed by atoms with Gasteiger partial charge in [-0.15, -0.1) is 0 Å². The molecule has 1 fully saturated rings. The van der Waals surface area contributed by atoms with Gasteiger partial charge >= 0.3 is 5.97 Å². The molecule has 0 amide bonds. The van der Waals surface area contributed by atoms with Crippen molar-refractivity contribution in [3.8, 4) is 0 Å². The molecular formula is C13H15Cl2NO4S. The standard InChI is InChI=1S/C13H15Cl2NO4S/c1-8-4-9(13(17)18)7-16(6-8)21(19,20)10-2-3-11(14)12(15)5-10/h2-3,5,8-9H,4,6-7H2,1H3,(H,17,18). The molecule has 0 aromatic heterocycles. The minimum Gasteiger partial charge on any atom is -0.481 e. The number of carboxylic acids is 1. The third kappa shape index (κ3) is 3.51. The number of benzene rings is 1. The van der Waals surface area contributed by atoms with Gasteiger partial charge in [0.2, 0.25) is 10.0 Å². The van der Waals surface area contributed by atoms with Crippen molar-refractivity contribution in [2.45, 2.75) is 18.2 Å². The topological polar surface area (TPSA) is 74.7 Å². The molecule has 1 aliphatic rings. The van der Waals surface area contributed by atoms with Crippen molar-refractivity contribution in [1.29, 1.82) is 0 Å². The Morgan fingerprint density at radius 3 is 2.52 bits per heavy atom. The lowest BCUT2D eigenvalue weighted by molar-refractivity contribution is -0.143. The Kier molecular flexibility index (Phi) is 4.82. The average molecular weight is 352 g/mol. The molecule has 1 saturated heterocycles. The van der Waals surface area contributed by atoms with Crippen molar-refractivity contribution >= 4 is 39.2 Å². The Morgan fingerprint density at radius 1 is 1.29 bits per heavy atom. The Hall–Kier alpha value is -0.820. The van der Waals surface area contributed by atoms with Crippen LogP contribution in [-0.4, -0.2) is 36.9 Å². The summed E-state index contributed by atoms with van der Waals surface area (Å²) in [6.07, 6.45) is 0.475. The zero-order chi connectivity index (χ0) is 15.8. The molecule has 1 aromatic rings. The molecule has 2 atom stereocenters. The summed E-state index contributed by atoms with van der Waals surface area (Å²) < 4.78 is 26.4. The summed E-state index contributed by atoms with van der Waals surface area (Å²) in [6.45, 7) is 2.11. The number of aliphatic carboxylic acids is 1. The van der Waals surface area contributed by atoms with Crippen molar-refractivity contribution in [1.82, 2.24) is 4.31 Å². The van der Waals surface area contributed by atoms with Gasteiger partial charge in [-0.3, -0.25) is 4.79 Å². The van der Waals surface area contributed by atoms with Crippen molar-refractivity contribution < 1.29 is 18.3 Å². The minimum absolute atomic E-state index is 0.0163. The molecule has 21 heavy (non-hydrogen) atoms. The zero-order valence-electron chi connectivity index (χ0n) is 11.3. The number of hydrogen-bond acceptors (Lipinski definition) is 3. The van der Waals surface area contributed by atoms with Crippen LogP contribution in [0, 0.1) is 11.8 Å². The molecule has 2 unspecified atom stereocenters. The van der Waals surface area contributed by atoms with Gasteiger partial charge in [-0.2, -0.15) is 4.31 Å². The van der Waals surface area contributed by atoms with Gasteiger partial charge in [0, 0.05) is 13.1 Å². The summed E-state index contributed by atoms with van der Waals surface area (Å²) in [5.41, 5.74) is 0. The molecule has 0 radical (unpaired) electrons. The van der Waals surface area contributed by atoms with Crippen molar-refractivity contribution in [2.24, 2.45) is 11.8 Å². The van der Waals surface area contributed by atoms with E-state index in [1.165, 1.54) is 22.5 Å². The highest BCUT2D eigenvalue weighted by molar-refractivity contribution is 7.89. The summed E-state index contributed by atoms with van der Waals surface area (Å²) >= 11 is 11.6. The maximum Gasteiger partial charge on any atom is 0.307 e. The third-order valence-electron chi connectivity index (χ3n) is 3.50. The van der Waals surface area contributed by atoms with Crippen LogP contribution >= 0.6 is 23.2 Å². The monoisotopic (exact) mass is 351 g/mol. The SMILES string of the molecule is CC1CC(C(=O)O)CN(S(=O)(=O)c2ccc(Cl)c(Cl)c2)C1. The first-order chi connectivity index (χ1) is 9.71. The second-order valence-electron chi connectivity index (χ2n) is 5.27. The maximum absolute atomic E-state index is 12.6. The summed E-state index contributed by atoms with van der Waals surface area (Å²) in [7, 11) is -3.77. The van der Waals surface area contributed by atoms with Crippen molar-refractivity contribution in [2.75, 3.05) is 13.1 Å². The number of sulfonamides is 1. The zero-order valence-corrected chi connectivity index (χ0v) is 13.6. The summed E-state index contributed by atoms with van der Waals surface area (Å²) in [4.78, 5) is 11.2. The van der Waals surface area contributed by atoms with Crippen LogP contribution in [0.2, 0.25) is 10.0 Å². The van der Waals surface area contributed by atoms with Crippen LogP contribution < -0.4 is 0 Å². The number of rotatable bonds is 3. The minimum atomic E-state index is -3.77.